The highest BCUT2D eigenvalue weighted by atomic mass is 35.5. The highest BCUT2D eigenvalue weighted by Crippen LogP contribution is 2.28. The monoisotopic (exact) mass is 309 g/mol. The second kappa shape index (κ2) is 6.27. The van der Waals surface area contributed by atoms with Crippen LogP contribution in [0.3, 0.4) is 0 Å². The molecule has 0 aliphatic rings. The van der Waals surface area contributed by atoms with Gasteiger partial charge in [0, 0.05) is 5.39 Å². The van der Waals surface area contributed by atoms with Gasteiger partial charge in [-0.25, -0.2) is 9.59 Å². The molecule has 0 saturated heterocycles. The molecule has 110 valence electrons. The number of fused-ring (bicyclic) bond motifs is 1. The van der Waals surface area contributed by atoms with Crippen LogP contribution in [0.5, 0.6) is 0 Å². The minimum Gasteiger partial charge on any atom is -0.466 e. The molecule has 0 spiro atoms. The minimum atomic E-state index is -0.721. The normalized spacial score (nSPS) is 11.3. The number of hydrogen-bond acceptors (Lipinski definition) is 6. The zero-order valence-electron chi connectivity index (χ0n) is 11.3. The Balaban J connectivity index is 2.38. The number of H-pyrrole nitrogens is 1. The molecule has 0 bridgehead atoms. The van der Waals surface area contributed by atoms with Gasteiger partial charge in [-0.3, -0.25) is 5.10 Å². The summed E-state index contributed by atoms with van der Waals surface area (Å²) in [4.78, 5) is 23.0. The van der Waals surface area contributed by atoms with Crippen molar-refractivity contribution in [3.05, 3.63) is 35.1 Å². The van der Waals surface area contributed by atoms with Crippen LogP contribution in [-0.2, 0) is 19.1 Å². The van der Waals surface area contributed by atoms with Gasteiger partial charge in [-0.2, -0.15) is 5.10 Å². The molecule has 0 radical (unpaired) electrons. The van der Waals surface area contributed by atoms with Gasteiger partial charge in [-0.1, -0.05) is 11.6 Å². The van der Waals surface area contributed by atoms with Crippen molar-refractivity contribution in [3.63, 3.8) is 0 Å². The fourth-order valence-corrected chi connectivity index (χ4v) is 1.86. The number of aromatic nitrogens is 2. The summed E-state index contributed by atoms with van der Waals surface area (Å²) in [5.74, 6) is -1.41. The lowest BCUT2D eigenvalue weighted by Crippen LogP contribution is -2.15. The second-order valence-electron chi connectivity index (χ2n) is 3.99. The zero-order chi connectivity index (χ0) is 15.4. The van der Waals surface area contributed by atoms with Crippen LogP contribution >= 0.6 is 11.6 Å². The van der Waals surface area contributed by atoms with E-state index in [9.17, 15) is 9.59 Å². The van der Waals surface area contributed by atoms with Crippen molar-refractivity contribution >= 4 is 40.1 Å². The molecule has 2 aromatic rings. The molecule has 1 heterocycles. The molecular formula is C13H12ClN3O4. The Bertz CT molecular complexity index is 723. The SMILES string of the molecule is COC(=O)/C=C(/Nc1cc2[nH]ncc2cc1Cl)C(=O)OC. The van der Waals surface area contributed by atoms with Gasteiger partial charge in [0.25, 0.3) is 0 Å². The molecule has 0 amide bonds. The fourth-order valence-electron chi connectivity index (χ4n) is 1.64. The van der Waals surface area contributed by atoms with Gasteiger partial charge in [0.05, 0.1) is 42.7 Å². The molecule has 2 rings (SSSR count). The number of ether oxygens (including phenoxy) is 2. The Morgan fingerprint density at radius 2 is 2.10 bits per heavy atom. The lowest BCUT2D eigenvalue weighted by Gasteiger charge is -2.10. The van der Waals surface area contributed by atoms with E-state index in [1.54, 1.807) is 18.3 Å². The van der Waals surface area contributed by atoms with E-state index in [4.69, 9.17) is 11.6 Å². The quantitative estimate of drug-likeness (QED) is 0.661. The summed E-state index contributed by atoms with van der Waals surface area (Å²) in [6, 6.07) is 3.34. The predicted octanol–water partition coefficient (Wildman–Crippen LogP) is 1.86. The molecule has 21 heavy (non-hydrogen) atoms. The van der Waals surface area contributed by atoms with Gasteiger partial charge in [0.15, 0.2) is 0 Å². The maximum atomic E-state index is 11.7. The van der Waals surface area contributed by atoms with Crippen LogP contribution in [0.1, 0.15) is 0 Å². The first-order valence-corrected chi connectivity index (χ1v) is 6.20. The summed E-state index contributed by atoms with van der Waals surface area (Å²) < 4.78 is 9.09. The maximum Gasteiger partial charge on any atom is 0.354 e. The van der Waals surface area contributed by atoms with Gasteiger partial charge in [-0.05, 0) is 12.1 Å². The fraction of sp³-hybridized carbons (Fsp3) is 0.154. The average Bonchev–Trinajstić information content (AvgIpc) is 2.92. The van der Waals surface area contributed by atoms with E-state index in [0.29, 0.717) is 10.7 Å². The van der Waals surface area contributed by atoms with Crippen LogP contribution < -0.4 is 5.32 Å². The number of aromatic amines is 1. The Hall–Kier alpha value is -2.54. The van der Waals surface area contributed by atoms with Crippen molar-refractivity contribution in [2.45, 2.75) is 0 Å². The van der Waals surface area contributed by atoms with E-state index in [1.165, 1.54) is 14.2 Å². The third-order valence-corrected chi connectivity index (χ3v) is 2.98. The highest BCUT2D eigenvalue weighted by Gasteiger charge is 2.15. The number of carbonyl (C=O) groups excluding carboxylic acids is 2. The smallest absolute Gasteiger partial charge is 0.354 e. The summed E-state index contributed by atoms with van der Waals surface area (Å²) in [6.45, 7) is 0. The number of hydrogen-bond donors (Lipinski definition) is 2. The molecule has 0 atom stereocenters. The molecular weight excluding hydrogens is 298 g/mol. The Kier molecular flexibility index (Phi) is 4.44. The molecule has 0 unspecified atom stereocenters. The van der Waals surface area contributed by atoms with E-state index >= 15 is 0 Å². The minimum absolute atomic E-state index is 0.0925. The highest BCUT2D eigenvalue weighted by molar-refractivity contribution is 6.34. The summed E-state index contributed by atoms with van der Waals surface area (Å²) in [6.07, 6.45) is 2.61. The van der Waals surface area contributed by atoms with E-state index in [2.05, 4.69) is 25.0 Å². The number of carbonyl (C=O) groups is 2. The third-order valence-electron chi connectivity index (χ3n) is 2.67. The summed E-state index contributed by atoms with van der Waals surface area (Å²) >= 11 is 6.12. The van der Waals surface area contributed by atoms with Crippen molar-refractivity contribution in [2.75, 3.05) is 19.5 Å². The Morgan fingerprint density at radius 1 is 1.33 bits per heavy atom. The Labute approximate surface area is 124 Å². The van der Waals surface area contributed by atoms with Gasteiger partial charge in [0.1, 0.15) is 5.70 Å². The molecule has 8 heteroatoms. The largest absolute Gasteiger partial charge is 0.466 e. The first-order chi connectivity index (χ1) is 10.0. The lowest BCUT2D eigenvalue weighted by atomic mass is 10.2. The predicted molar refractivity (Wildman–Crippen MR) is 76.8 cm³/mol. The number of esters is 2. The number of rotatable bonds is 4. The maximum absolute atomic E-state index is 11.7. The van der Waals surface area contributed by atoms with E-state index < -0.39 is 11.9 Å². The number of methoxy groups -OCH3 is 2. The molecule has 0 saturated carbocycles. The van der Waals surface area contributed by atoms with E-state index in [1.807, 2.05) is 0 Å². The second-order valence-corrected chi connectivity index (χ2v) is 4.39. The first-order valence-electron chi connectivity index (χ1n) is 5.82. The first kappa shape index (κ1) is 14.9. The summed E-state index contributed by atoms with van der Waals surface area (Å²) in [5.41, 5.74) is 1.06. The van der Waals surface area contributed by atoms with Gasteiger partial charge < -0.3 is 14.8 Å². The lowest BCUT2D eigenvalue weighted by molar-refractivity contribution is -0.138. The van der Waals surface area contributed by atoms with Crippen molar-refractivity contribution in [3.8, 4) is 0 Å². The molecule has 0 aliphatic heterocycles. The van der Waals surface area contributed by atoms with Gasteiger partial charge >= 0.3 is 11.9 Å². The standard InChI is InChI=1S/C13H12ClN3O4/c1-20-12(18)5-11(13(19)21-2)16-10-4-9-7(3-8(10)14)6-15-17-9/h3-6,16H,1-2H3,(H,15,17)/b11-5+. The van der Waals surface area contributed by atoms with Crippen LogP contribution in [0.25, 0.3) is 10.9 Å². The van der Waals surface area contributed by atoms with Crippen molar-refractivity contribution < 1.29 is 19.1 Å². The number of anilines is 1. The van der Waals surface area contributed by atoms with Crippen molar-refractivity contribution in [1.29, 1.82) is 0 Å². The van der Waals surface area contributed by atoms with Crippen LogP contribution in [0.15, 0.2) is 30.1 Å². The molecule has 0 aliphatic carbocycles. The van der Waals surface area contributed by atoms with Crippen LogP contribution in [0.2, 0.25) is 5.02 Å². The van der Waals surface area contributed by atoms with E-state index in [0.717, 1.165) is 17.0 Å². The number of halogens is 1. The Morgan fingerprint density at radius 3 is 2.76 bits per heavy atom. The van der Waals surface area contributed by atoms with Gasteiger partial charge in [0.2, 0.25) is 0 Å². The molecule has 1 aromatic heterocycles. The zero-order valence-corrected chi connectivity index (χ0v) is 12.0. The van der Waals surface area contributed by atoms with Crippen molar-refractivity contribution in [1.82, 2.24) is 10.2 Å². The summed E-state index contributed by atoms with van der Waals surface area (Å²) in [5, 5.41) is 10.6. The number of nitrogens with zero attached hydrogens (tertiary/aromatic N) is 1. The van der Waals surface area contributed by atoms with Crippen LogP contribution in [0.4, 0.5) is 5.69 Å². The van der Waals surface area contributed by atoms with Crippen molar-refractivity contribution in [2.24, 2.45) is 0 Å². The molecule has 2 N–H and O–H groups in total. The van der Waals surface area contributed by atoms with E-state index in [-0.39, 0.29) is 5.70 Å². The van der Waals surface area contributed by atoms with Gasteiger partial charge in [-0.15, -0.1) is 0 Å². The number of benzene rings is 1. The average molecular weight is 310 g/mol. The summed E-state index contributed by atoms with van der Waals surface area (Å²) in [7, 11) is 2.41. The molecule has 7 nitrogen and oxygen atoms in total. The molecule has 0 fully saturated rings. The topological polar surface area (TPSA) is 93.3 Å². The van der Waals surface area contributed by atoms with Crippen LogP contribution in [-0.4, -0.2) is 36.4 Å². The third kappa shape index (κ3) is 3.32. The van der Waals surface area contributed by atoms with Crippen LogP contribution in [0, 0.1) is 0 Å². The number of nitrogens with one attached hydrogen (secondary N) is 2. The molecule has 1 aromatic carbocycles.